The smallest absolute Gasteiger partial charge is 0.225 e. The molecule has 1 saturated carbocycles. The van der Waals surface area contributed by atoms with Gasteiger partial charge in [-0.1, -0.05) is 27.7 Å². The van der Waals surface area contributed by atoms with Crippen LogP contribution in [-0.2, 0) is 6.54 Å². The zero-order chi connectivity index (χ0) is 14.5. The topological polar surface area (TPSA) is 41.1 Å². The van der Waals surface area contributed by atoms with Crippen LogP contribution in [0.1, 0.15) is 52.5 Å². The van der Waals surface area contributed by atoms with Gasteiger partial charge in [0.15, 0.2) is 0 Å². The fourth-order valence-electron chi connectivity index (χ4n) is 2.14. The predicted molar refractivity (Wildman–Crippen MR) is 83.8 cm³/mol. The van der Waals surface area contributed by atoms with Crippen LogP contribution in [0.3, 0.4) is 0 Å². The van der Waals surface area contributed by atoms with E-state index >= 15 is 0 Å². The van der Waals surface area contributed by atoms with E-state index in [-0.39, 0.29) is 0 Å². The SMILES string of the molecule is CC(C)CCN(c1ncc(CNC(C)C)cn1)C1CC1. The molecule has 2 rings (SSSR count). The van der Waals surface area contributed by atoms with Crippen LogP contribution in [0.15, 0.2) is 12.4 Å². The van der Waals surface area contributed by atoms with E-state index in [1.807, 2.05) is 12.4 Å². The molecule has 20 heavy (non-hydrogen) atoms. The van der Waals surface area contributed by atoms with E-state index in [9.17, 15) is 0 Å². The van der Waals surface area contributed by atoms with Crippen molar-refractivity contribution in [2.45, 2.75) is 65.6 Å². The first-order valence-electron chi connectivity index (χ1n) is 7.87. The largest absolute Gasteiger partial charge is 0.338 e. The molecular formula is C16H28N4. The summed E-state index contributed by atoms with van der Waals surface area (Å²) >= 11 is 0. The number of hydrogen-bond acceptors (Lipinski definition) is 4. The molecule has 1 fully saturated rings. The normalized spacial score (nSPS) is 15.1. The van der Waals surface area contributed by atoms with Gasteiger partial charge in [0, 0.05) is 43.1 Å². The molecule has 0 aliphatic heterocycles. The average Bonchev–Trinajstić information content (AvgIpc) is 3.22. The minimum absolute atomic E-state index is 0.490. The molecule has 112 valence electrons. The van der Waals surface area contributed by atoms with Crippen molar-refractivity contribution < 1.29 is 0 Å². The van der Waals surface area contributed by atoms with Crippen LogP contribution in [0.2, 0.25) is 0 Å². The van der Waals surface area contributed by atoms with Gasteiger partial charge in [-0.15, -0.1) is 0 Å². The number of aromatic nitrogens is 2. The Morgan fingerprint density at radius 3 is 2.35 bits per heavy atom. The van der Waals surface area contributed by atoms with Crippen molar-refractivity contribution in [2.24, 2.45) is 5.92 Å². The molecule has 0 aromatic carbocycles. The van der Waals surface area contributed by atoms with Crippen LogP contribution in [0, 0.1) is 5.92 Å². The van der Waals surface area contributed by atoms with Gasteiger partial charge in [-0.05, 0) is 25.2 Å². The van der Waals surface area contributed by atoms with Crippen LogP contribution in [0.5, 0.6) is 0 Å². The molecule has 0 amide bonds. The van der Waals surface area contributed by atoms with Crippen molar-refractivity contribution in [2.75, 3.05) is 11.4 Å². The Balaban J connectivity index is 1.95. The van der Waals surface area contributed by atoms with Gasteiger partial charge in [0.25, 0.3) is 0 Å². The maximum atomic E-state index is 4.57. The molecular weight excluding hydrogens is 248 g/mol. The first kappa shape index (κ1) is 15.2. The van der Waals surface area contributed by atoms with Crippen molar-refractivity contribution in [1.29, 1.82) is 0 Å². The zero-order valence-corrected chi connectivity index (χ0v) is 13.3. The standard InChI is InChI=1S/C16H28N4/c1-12(2)7-8-20(15-5-6-15)16-18-10-14(11-19-16)9-17-13(3)4/h10-13,15,17H,5-9H2,1-4H3. The number of hydrogen-bond donors (Lipinski definition) is 1. The molecule has 0 spiro atoms. The molecule has 0 unspecified atom stereocenters. The first-order valence-corrected chi connectivity index (χ1v) is 7.87. The summed E-state index contributed by atoms with van der Waals surface area (Å²) in [7, 11) is 0. The molecule has 0 saturated heterocycles. The summed E-state index contributed by atoms with van der Waals surface area (Å²) in [5, 5.41) is 3.39. The number of nitrogens with one attached hydrogen (secondary N) is 1. The summed E-state index contributed by atoms with van der Waals surface area (Å²) in [5.41, 5.74) is 1.15. The van der Waals surface area contributed by atoms with E-state index in [0.29, 0.717) is 12.1 Å². The monoisotopic (exact) mass is 276 g/mol. The van der Waals surface area contributed by atoms with Gasteiger partial charge in [-0.2, -0.15) is 0 Å². The van der Waals surface area contributed by atoms with Gasteiger partial charge in [0.05, 0.1) is 0 Å². The number of rotatable bonds is 8. The second kappa shape index (κ2) is 7.02. The Hall–Kier alpha value is -1.16. The molecule has 4 heteroatoms. The third kappa shape index (κ3) is 4.75. The van der Waals surface area contributed by atoms with Gasteiger partial charge in [0.1, 0.15) is 0 Å². The molecule has 1 aromatic heterocycles. The summed E-state index contributed by atoms with van der Waals surface area (Å²) < 4.78 is 0. The molecule has 1 N–H and O–H groups in total. The van der Waals surface area contributed by atoms with Crippen molar-refractivity contribution in [1.82, 2.24) is 15.3 Å². The molecule has 1 aromatic rings. The highest BCUT2D eigenvalue weighted by Gasteiger charge is 2.30. The highest BCUT2D eigenvalue weighted by Crippen LogP contribution is 2.30. The van der Waals surface area contributed by atoms with E-state index < -0.39 is 0 Å². The van der Waals surface area contributed by atoms with E-state index in [1.165, 1.54) is 19.3 Å². The van der Waals surface area contributed by atoms with E-state index in [1.54, 1.807) is 0 Å². The predicted octanol–water partition coefficient (Wildman–Crippen LogP) is 2.99. The zero-order valence-electron chi connectivity index (χ0n) is 13.3. The van der Waals surface area contributed by atoms with Crippen molar-refractivity contribution >= 4 is 5.95 Å². The van der Waals surface area contributed by atoms with Crippen LogP contribution in [-0.4, -0.2) is 28.6 Å². The lowest BCUT2D eigenvalue weighted by Crippen LogP contribution is -2.29. The van der Waals surface area contributed by atoms with Crippen LogP contribution >= 0.6 is 0 Å². The quantitative estimate of drug-likeness (QED) is 0.792. The molecule has 1 heterocycles. The van der Waals surface area contributed by atoms with E-state index in [0.717, 1.165) is 30.5 Å². The minimum Gasteiger partial charge on any atom is -0.338 e. The highest BCUT2D eigenvalue weighted by atomic mass is 15.3. The van der Waals surface area contributed by atoms with Crippen molar-refractivity contribution in [3.05, 3.63) is 18.0 Å². The Kier molecular flexibility index (Phi) is 5.35. The number of nitrogens with zero attached hydrogens (tertiary/aromatic N) is 3. The minimum atomic E-state index is 0.490. The number of anilines is 1. The maximum absolute atomic E-state index is 4.57. The molecule has 0 radical (unpaired) electrons. The third-order valence-corrected chi connectivity index (χ3v) is 3.60. The van der Waals surface area contributed by atoms with E-state index in [4.69, 9.17) is 0 Å². The van der Waals surface area contributed by atoms with Gasteiger partial charge >= 0.3 is 0 Å². The van der Waals surface area contributed by atoms with Gasteiger partial charge < -0.3 is 10.2 Å². The lowest BCUT2D eigenvalue weighted by atomic mass is 10.1. The Labute approximate surface area is 123 Å². The highest BCUT2D eigenvalue weighted by molar-refractivity contribution is 5.34. The Morgan fingerprint density at radius 2 is 1.85 bits per heavy atom. The lowest BCUT2D eigenvalue weighted by molar-refractivity contribution is 0.564. The molecule has 1 aliphatic carbocycles. The van der Waals surface area contributed by atoms with Crippen LogP contribution in [0.25, 0.3) is 0 Å². The van der Waals surface area contributed by atoms with Gasteiger partial charge in [-0.3, -0.25) is 0 Å². The third-order valence-electron chi connectivity index (χ3n) is 3.60. The Bertz CT molecular complexity index is 395. The summed E-state index contributed by atoms with van der Waals surface area (Å²) in [5.74, 6) is 1.63. The van der Waals surface area contributed by atoms with Crippen LogP contribution < -0.4 is 10.2 Å². The van der Waals surface area contributed by atoms with Crippen molar-refractivity contribution in [3.63, 3.8) is 0 Å². The van der Waals surface area contributed by atoms with E-state index in [2.05, 4.69) is 47.9 Å². The van der Waals surface area contributed by atoms with Crippen molar-refractivity contribution in [3.8, 4) is 0 Å². The van der Waals surface area contributed by atoms with Crippen LogP contribution in [0.4, 0.5) is 5.95 Å². The first-order chi connectivity index (χ1) is 9.56. The summed E-state index contributed by atoms with van der Waals surface area (Å²) in [6.45, 7) is 10.8. The molecule has 4 nitrogen and oxygen atoms in total. The second-order valence-electron chi connectivity index (χ2n) is 6.53. The molecule has 0 atom stereocenters. The molecule has 0 bridgehead atoms. The summed E-state index contributed by atoms with van der Waals surface area (Å²) in [4.78, 5) is 11.5. The maximum Gasteiger partial charge on any atom is 0.225 e. The summed E-state index contributed by atoms with van der Waals surface area (Å²) in [6, 6.07) is 1.16. The Morgan fingerprint density at radius 1 is 1.20 bits per heavy atom. The fraction of sp³-hybridized carbons (Fsp3) is 0.750. The van der Waals surface area contributed by atoms with Gasteiger partial charge in [-0.25, -0.2) is 9.97 Å². The second-order valence-corrected chi connectivity index (χ2v) is 6.53. The van der Waals surface area contributed by atoms with Gasteiger partial charge in [0.2, 0.25) is 5.95 Å². The summed E-state index contributed by atoms with van der Waals surface area (Å²) in [6.07, 6.45) is 7.71. The lowest BCUT2D eigenvalue weighted by Gasteiger charge is -2.23. The fourth-order valence-corrected chi connectivity index (χ4v) is 2.14. The average molecular weight is 276 g/mol. The molecule has 1 aliphatic rings.